The van der Waals surface area contributed by atoms with Gasteiger partial charge >= 0.3 is 11.9 Å². The first-order valence-corrected chi connectivity index (χ1v) is 24.0. The molecule has 0 amide bonds. The molecule has 4 heteroatoms. The van der Waals surface area contributed by atoms with Gasteiger partial charge in [-0.2, -0.15) is 0 Å². The number of esters is 2. The lowest BCUT2D eigenvalue weighted by Gasteiger charge is -2.06. The fraction of sp³-hybridized carbons (Fsp3) is 0.958. The molecule has 0 spiro atoms. The maximum atomic E-state index is 12.0. The molecule has 0 aromatic carbocycles. The molecular weight excluding hydrogens is 641 g/mol. The Morgan fingerprint density at radius 3 is 0.635 bits per heavy atom. The number of carbonyl (C=O) groups excluding carboxylic acids is 2. The zero-order valence-corrected chi connectivity index (χ0v) is 35.7. The fourth-order valence-corrected chi connectivity index (χ4v) is 7.42. The summed E-state index contributed by atoms with van der Waals surface area (Å²) in [6, 6.07) is 0. The molecule has 0 fully saturated rings. The van der Waals surface area contributed by atoms with Gasteiger partial charge in [0.25, 0.3) is 0 Å². The Kier molecular flexibility index (Phi) is 45.2. The van der Waals surface area contributed by atoms with Crippen LogP contribution in [-0.2, 0) is 19.1 Å². The maximum Gasteiger partial charge on any atom is 0.305 e. The van der Waals surface area contributed by atoms with Crippen molar-refractivity contribution in [2.75, 3.05) is 13.2 Å². The first-order valence-electron chi connectivity index (χ1n) is 24.0. The van der Waals surface area contributed by atoms with Crippen LogP contribution in [0.3, 0.4) is 0 Å². The van der Waals surface area contributed by atoms with Crippen molar-refractivity contribution < 1.29 is 19.1 Å². The van der Waals surface area contributed by atoms with Crippen LogP contribution in [0.2, 0.25) is 0 Å². The molecule has 4 nitrogen and oxygen atoms in total. The number of ether oxygens (including phenoxy) is 2. The Bertz CT molecular complexity index is 634. The van der Waals surface area contributed by atoms with Crippen molar-refractivity contribution >= 4 is 11.9 Å². The molecule has 0 saturated heterocycles. The van der Waals surface area contributed by atoms with Crippen molar-refractivity contribution in [3.63, 3.8) is 0 Å². The number of carbonyl (C=O) groups is 2. The van der Waals surface area contributed by atoms with Crippen LogP contribution in [-0.4, -0.2) is 25.2 Å². The Labute approximate surface area is 326 Å². The van der Waals surface area contributed by atoms with Crippen molar-refractivity contribution in [2.45, 2.75) is 284 Å². The summed E-state index contributed by atoms with van der Waals surface area (Å²) < 4.78 is 10.9. The summed E-state index contributed by atoms with van der Waals surface area (Å²) in [6.07, 6.45) is 53.7. The third-order valence-electron chi connectivity index (χ3n) is 11.0. The fourth-order valence-electron chi connectivity index (χ4n) is 7.42. The maximum absolute atomic E-state index is 12.0. The number of rotatable bonds is 45. The van der Waals surface area contributed by atoms with Crippen LogP contribution in [0.1, 0.15) is 284 Å². The van der Waals surface area contributed by atoms with Gasteiger partial charge in [-0.25, -0.2) is 0 Å². The molecule has 0 rings (SSSR count). The molecule has 0 atom stereocenters. The molecule has 52 heavy (non-hydrogen) atoms. The second kappa shape index (κ2) is 46.1. The van der Waals surface area contributed by atoms with Gasteiger partial charge in [0.2, 0.25) is 0 Å². The molecule has 0 unspecified atom stereocenters. The average molecular weight is 735 g/mol. The van der Waals surface area contributed by atoms with Crippen molar-refractivity contribution in [3.8, 4) is 0 Å². The normalized spacial score (nSPS) is 11.3. The highest BCUT2D eigenvalue weighted by Gasteiger charge is 2.04. The quantitative estimate of drug-likeness (QED) is 0.0462. The smallest absolute Gasteiger partial charge is 0.305 e. The van der Waals surface area contributed by atoms with Crippen molar-refractivity contribution in [2.24, 2.45) is 0 Å². The third kappa shape index (κ3) is 45.1. The third-order valence-corrected chi connectivity index (χ3v) is 11.0. The minimum absolute atomic E-state index is 0.0162. The molecule has 0 aromatic heterocycles. The van der Waals surface area contributed by atoms with E-state index in [1.165, 1.54) is 231 Å². The van der Waals surface area contributed by atoms with E-state index < -0.39 is 0 Å². The Balaban J connectivity index is 3.19. The Morgan fingerprint density at radius 2 is 0.423 bits per heavy atom. The van der Waals surface area contributed by atoms with Crippen LogP contribution >= 0.6 is 0 Å². The second-order valence-corrected chi connectivity index (χ2v) is 16.4. The first-order chi connectivity index (χ1) is 25.7. The van der Waals surface area contributed by atoms with Crippen molar-refractivity contribution in [1.29, 1.82) is 0 Å². The molecule has 0 aromatic rings. The summed E-state index contributed by atoms with van der Waals surface area (Å²) in [7, 11) is 0. The van der Waals surface area contributed by atoms with Gasteiger partial charge in [-0.1, -0.05) is 245 Å². The van der Waals surface area contributed by atoms with Gasteiger partial charge in [-0.15, -0.1) is 0 Å². The van der Waals surface area contributed by atoms with Crippen LogP contribution in [0, 0.1) is 0 Å². The van der Waals surface area contributed by atoms with E-state index in [-0.39, 0.29) is 11.9 Å². The van der Waals surface area contributed by atoms with E-state index in [0.29, 0.717) is 26.1 Å². The molecule has 0 bridgehead atoms. The summed E-state index contributed by atoms with van der Waals surface area (Å²) in [5.41, 5.74) is 0. The predicted octanol–water partition coefficient (Wildman–Crippen LogP) is 16.5. The highest BCUT2D eigenvalue weighted by molar-refractivity contribution is 5.69. The lowest BCUT2D eigenvalue weighted by atomic mass is 10.0. The lowest BCUT2D eigenvalue weighted by molar-refractivity contribution is -0.144. The summed E-state index contributed by atoms with van der Waals surface area (Å²) in [5, 5.41) is 0. The van der Waals surface area contributed by atoms with Crippen LogP contribution in [0.5, 0.6) is 0 Å². The van der Waals surface area contributed by atoms with Gasteiger partial charge in [0, 0.05) is 12.8 Å². The van der Waals surface area contributed by atoms with Gasteiger partial charge in [0.1, 0.15) is 0 Å². The second-order valence-electron chi connectivity index (χ2n) is 16.4. The van der Waals surface area contributed by atoms with E-state index in [4.69, 9.17) is 9.47 Å². The largest absolute Gasteiger partial charge is 0.466 e. The molecule has 0 radical (unpaired) electrons. The molecule has 0 aliphatic carbocycles. The van der Waals surface area contributed by atoms with Gasteiger partial charge in [0.15, 0.2) is 0 Å². The van der Waals surface area contributed by atoms with E-state index in [0.717, 1.165) is 25.7 Å². The lowest BCUT2D eigenvalue weighted by Crippen LogP contribution is -2.05. The minimum Gasteiger partial charge on any atom is -0.466 e. The summed E-state index contributed by atoms with van der Waals surface area (Å²) in [6.45, 7) is 5.80. The predicted molar refractivity (Wildman–Crippen MR) is 227 cm³/mol. The van der Waals surface area contributed by atoms with E-state index in [1.807, 2.05) is 0 Å². The van der Waals surface area contributed by atoms with E-state index in [9.17, 15) is 9.59 Å². The minimum atomic E-state index is 0.0162. The molecular formula is C48H94O4. The van der Waals surface area contributed by atoms with Gasteiger partial charge in [0.05, 0.1) is 13.2 Å². The zero-order chi connectivity index (χ0) is 37.7. The monoisotopic (exact) mass is 735 g/mol. The molecule has 0 heterocycles. The Hall–Kier alpha value is -1.06. The molecule has 0 N–H and O–H groups in total. The average Bonchev–Trinajstić information content (AvgIpc) is 3.14. The molecule has 310 valence electrons. The summed E-state index contributed by atoms with van der Waals surface area (Å²) in [5.74, 6) is 0.0324. The zero-order valence-electron chi connectivity index (χ0n) is 35.7. The standard InChI is InChI=1S/C48H94O4/c1-3-5-7-9-11-13-25-29-33-37-41-45-51-47(49)43-39-35-31-27-23-21-19-17-15-16-18-20-22-24-28-32-36-40-44-48(50)52-46-42-38-34-30-26-14-12-10-8-6-4-2/h3-46H2,1-2H3. The van der Waals surface area contributed by atoms with Gasteiger partial charge in [-0.05, 0) is 25.7 Å². The Morgan fingerprint density at radius 1 is 0.250 bits per heavy atom. The van der Waals surface area contributed by atoms with Crippen molar-refractivity contribution in [1.82, 2.24) is 0 Å². The van der Waals surface area contributed by atoms with Crippen LogP contribution in [0.4, 0.5) is 0 Å². The van der Waals surface area contributed by atoms with Crippen LogP contribution in [0.15, 0.2) is 0 Å². The van der Waals surface area contributed by atoms with Gasteiger partial charge in [-0.3, -0.25) is 9.59 Å². The van der Waals surface area contributed by atoms with E-state index in [2.05, 4.69) is 13.8 Å². The van der Waals surface area contributed by atoms with E-state index >= 15 is 0 Å². The van der Waals surface area contributed by atoms with Crippen LogP contribution in [0.25, 0.3) is 0 Å². The number of hydrogen-bond acceptors (Lipinski definition) is 4. The molecule has 0 aliphatic heterocycles. The van der Waals surface area contributed by atoms with Crippen LogP contribution < -0.4 is 0 Å². The highest BCUT2D eigenvalue weighted by atomic mass is 16.5. The van der Waals surface area contributed by atoms with Crippen molar-refractivity contribution in [3.05, 3.63) is 0 Å². The molecule has 0 aliphatic rings. The summed E-state index contributed by atoms with van der Waals surface area (Å²) in [4.78, 5) is 23.9. The van der Waals surface area contributed by atoms with Gasteiger partial charge < -0.3 is 9.47 Å². The summed E-state index contributed by atoms with van der Waals surface area (Å²) >= 11 is 0. The molecule has 0 saturated carbocycles. The van der Waals surface area contributed by atoms with E-state index in [1.54, 1.807) is 0 Å². The SMILES string of the molecule is CCCCCCCCCCCCCOC(=O)CCCCCCCCCCCCCCCCCCCCC(=O)OCCCCCCCCCCCCC. The first kappa shape index (κ1) is 50.9. The number of unbranched alkanes of at least 4 members (excludes halogenated alkanes) is 37. The topological polar surface area (TPSA) is 52.6 Å². The highest BCUT2D eigenvalue weighted by Crippen LogP contribution is 2.16. The number of hydrogen-bond donors (Lipinski definition) is 0.